The zero-order valence-corrected chi connectivity index (χ0v) is 12.8. The average molecular weight is 322 g/mol. The number of carbonyl (C=O) groups excluding carboxylic acids is 1. The summed E-state index contributed by atoms with van der Waals surface area (Å²) in [4.78, 5) is 12.6. The summed E-state index contributed by atoms with van der Waals surface area (Å²) in [7, 11) is 0. The number of nitrogens with zero attached hydrogens (tertiary/aromatic N) is 1. The van der Waals surface area contributed by atoms with Gasteiger partial charge in [-0.25, -0.2) is 4.39 Å². The molecule has 1 aliphatic carbocycles. The number of hydrogen-bond acceptors (Lipinski definition) is 3. The molecular weight excluding hydrogens is 307 g/mol. The fourth-order valence-electron chi connectivity index (χ4n) is 2.77. The van der Waals surface area contributed by atoms with E-state index in [1.54, 1.807) is 24.3 Å². The van der Waals surface area contributed by atoms with Gasteiger partial charge >= 0.3 is 0 Å². The zero-order chi connectivity index (χ0) is 16.6. The fourth-order valence-corrected chi connectivity index (χ4v) is 2.77. The molecule has 120 valence electrons. The first-order valence-electron chi connectivity index (χ1n) is 7.78. The molecule has 1 aromatic heterocycles. The highest BCUT2D eigenvalue weighted by Crippen LogP contribution is 2.49. The highest BCUT2D eigenvalue weighted by molar-refractivity contribution is 6.01. The minimum absolute atomic E-state index is 0.181. The molecule has 0 spiro atoms. The van der Waals surface area contributed by atoms with E-state index in [0.29, 0.717) is 24.3 Å². The van der Waals surface area contributed by atoms with Crippen molar-refractivity contribution in [1.82, 2.24) is 5.16 Å². The maximum absolute atomic E-state index is 13.7. The third kappa shape index (κ3) is 2.48. The van der Waals surface area contributed by atoms with Crippen LogP contribution in [0.25, 0.3) is 11.3 Å². The molecule has 1 N–H and O–H groups in total. The van der Waals surface area contributed by atoms with Crippen LogP contribution >= 0.6 is 0 Å². The summed E-state index contributed by atoms with van der Waals surface area (Å²) in [6, 6.07) is 17.5. The Bertz CT molecular complexity index is 885. The summed E-state index contributed by atoms with van der Waals surface area (Å²) in [5.41, 5.74) is 0.955. The van der Waals surface area contributed by atoms with Crippen LogP contribution in [0.3, 0.4) is 0 Å². The molecule has 1 saturated carbocycles. The van der Waals surface area contributed by atoms with E-state index >= 15 is 0 Å². The first kappa shape index (κ1) is 14.6. The number of nitrogens with one attached hydrogen (secondary N) is 1. The molecule has 24 heavy (non-hydrogen) atoms. The van der Waals surface area contributed by atoms with Crippen LogP contribution in [0.4, 0.5) is 10.1 Å². The van der Waals surface area contributed by atoms with Crippen LogP contribution < -0.4 is 5.32 Å². The average Bonchev–Trinajstić information content (AvgIpc) is 3.28. The zero-order valence-electron chi connectivity index (χ0n) is 12.8. The quantitative estimate of drug-likeness (QED) is 0.785. The van der Waals surface area contributed by atoms with Crippen LogP contribution in [0.2, 0.25) is 0 Å². The van der Waals surface area contributed by atoms with Crippen LogP contribution in [-0.2, 0) is 10.2 Å². The Labute approximate surface area is 138 Å². The lowest BCUT2D eigenvalue weighted by atomic mass is 10.00. The van der Waals surface area contributed by atoms with E-state index in [1.807, 2.05) is 30.3 Å². The molecule has 0 aliphatic heterocycles. The Morgan fingerprint density at radius 2 is 1.79 bits per heavy atom. The number of amides is 1. The summed E-state index contributed by atoms with van der Waals surface area (Å²) in [6.45, 7) is 0. The topological polar surface area (TPSA) is 55.1 Å². The van der Waals surface area contributed by atoms with E-state index in [2.05, 4.69) is 10.5 Å². The fraction of sp³-hybridized carbons (Fsp3) is 0.158. The number of para-hydroxylation sites is 1. The molecule has 2 aromatic carbocycles. The molecule has 1 amide bonds. The summed E-state index contributed by atoms with van der Waals surface area (Å²) < 4.78 is 19.1. The molecule has 5 heteroatoms. The molecule has 4 rings (SSSR count). The predicted octanol–water partition coefficient (Wildman–Crippen LogP) is 4.15. The Balaban J connectivity index is 1.59. The van der Waals surface area contributed by atoms with Crippen LogP contribution in [0.5, 0.6) is 0 Å². The number of anilines is 1. The third-order valence-electron chi connectivity index (χ3n) is 4.37. The van der Waals surface area contributed by atoms with E-state index in [9.17, 15) is 9.18 Å². The molecule has 0 bridgehead atoms. The second-order valence-corrected chi connectivity index (χ2v) is 5.96. The van der Waals surface area contributed by atoms with Crippen molar-refractivity contribution in [3.05, 3.63) is 72.2 Å². The van der Waals surface area contributed by atoms with Gasteiger partial charge in [0, 0.05) is 11.6 Å². The highest BCUT2D eigenvalue weighted by Gasteiger charge is 2.54. The van der Waals surface area contributed by atoms with Gasteiger partial charge in [-0.05, 0) is 25.0 Å². The number of hydrogen-bond donors (Lipinski definition) is 1. The minimum Gasteiger partial charge on any atom is -0.356 e. The first-order valence-corrected chi connectivity index (χ1v) is 7.78. The lowest BCUT2D eigenvalue weighted by molar-refractivity contribution is -0.118. The van der Waals surface area contributed by atoms with E-state index in [0.717, 1.165) is 5.56 Å². The van der Waals surface area contributed by atoms with Crippen molar-refractivity contribution in [1.29, 1.82) is 0 Å². The lowest BCUT2D eigenvalue weighted by Gasteiger charge is -2.12. The SMILES string of the molecule is O=C(Nc1ccccc1F)C1(c2cc(-c3ccccc3)on2)CC1. The predicted molar refractivity (Wildman–Crippen MR) is 87.9 cm³/mol. The van der Waals surface area contributed by atoms with Crippen LogP contribution in [0.1, 0.15) is 18.5 Å². The summed E-state index contributed by atoms with van der Waals surface area (Å²) in [6.07, 6.45) is 1.35. The summed E-state index contributed by atoms with van der Waals surface area (Å²) in [5, 5.41) is 6.75. The smallest absolute Gasteiger partial charge is 0.236 e. The monoisotopic (exact) mass is 322 g/mol. The van der Waals surface area contributed by atoms with Crippen LogP contribution in [-0.4, -0.2) is 11.1 Å². The van der Waals surface area contributed by atoms with Gasteiger partial charge < -0.3 is 9.84 Å². The van der Waals surface area contributed by atoms with Gasteiger partial charge in [0.25, 0.3) is 0 Å². The Kier molecular flexibility index (Phi) is 3.41. The van der Waals surface area contributed by atoms with Gasteiger partial charge in [0.2, 0.25) is 5.91 Å². The molecule has 4 nitrogen and oxygen atoms in total. The van der Waals surface area contributed by atoms with Gasteiger partial charge in [0.1, 0.15) is 5.82 Å². The van der Waals surface area contributed by atoms with Crippen molar-refractivity contribution < 1.29 is 13.7 Å². The van der Waals surface area contributed by atoms with E-state index in [-0.39, 0.29) is 11.6 Å². The molecule has 0 atom stereocenters. The van der Waals surface area contributed by atoms with Crippen LogP contribution in [0, 0.1) is 5.82 Å². The number of benzene rings is 2. The van der Waals surface area contributed by atoms with Crippen molar-refractivity contribution in [2.75, 3.05) is 5.32 Å². The van der Waals surface area contributed by atoms with Crippen molar-refractivity contribution in [2.24, 2.45) is 0 Å². The molecule has 1 fully saturated rings. The number of carbonyl (C=O) groups is 1. The normalized spacial score (nSPS) is 15.0. The van der Waals surface area contributed by atoms with Gasteiger partial charge in [-0.15, -0.1) is 0 Å². The van der Waals surface area contributed by atoms with E-state index < -0.39 is 11.2 Å². The van der Waals surface area contributed by atoms with E-state index in [1.165, 1.54) is 6.07 Å². The van der Waals surface area contributed by atoms with E-state index in [4.69, 9.17) is 4.52 Å². The Morgan fingerprint density at radius 3 is 2.50 bits per heavy atom. The maximum atomic E-state index is 13.7. The highest BCUT2D eigenvalue weighted by atomic mass is 19.1. The first-order chi connectivity index (χ1) is 11.7. The number of rotatable bonds is 4. The lowest BCUT2D eigenvalue weighted by Crippen LogP contribution is -2.28. The molecule has 1 aliphatic rings. The standard InChI is InChI=1S/C19H15FN2O2/c20-14-8-4-5-9-15(14)21-18(23)19(10-11-19)17-12-16(24-22-17)13-6-2-1-3-7-13/h1-9,12H,10-11H2,(H,21,23). The molecule has 0 radical (unpaired) electrons. The van der Waals surface area contributed by atoms with Gasteiger partial charge in [-0.2, -0.15) is 0 Å². The third-order valence-corrected chi connectivity index (χ3v) is 4.37. The molecule has 1 heterocycles. The summed E-state index contributed by atoms with van der Waals surface area (Å²) >= 11 is 0. The number of aromatic nitrogens is 1. The van der Waals surface area contributed by atoms with Crippen molar-refractivity contribution in [3.8, 4) is 11.3 Å². The minimum atomic E-state index is -0.723. The molecule has 0 unspecified atom stereocenters. The van der Waals surface area contributed by atoms with Gasteiger partial charge in [-0.1, -0.05) is 47.6 Å². The van der Waals surface area contributed by atoms with Crippen molar-refractivity contribution in [2.45, 2.75) is 18.3 Å². The molecule has 0 saturated heterocycles. The second-order valence-electron chi connectivity index (χ2n) is 5.96. The van der Waals surface area contributed by atoms with Gasteiger partial charge in [0.15, 0.2) is 5.76 Å². The largest absolute Gasteiger partial charge is 0.356 e. The number of halogens is 1. The van der Waals surface area contributed by atoms with Gasteiger partial charge in [-0.3, -0.25) is 4.79 Å². The maximum Gasteiger partial charge on any atom is 0.236 e. The molecule has 3 aromatic rings. The Morgan fingerprint density at radius 1 is 1.08 bits per heavy atom. The molecular formula is C19H15FN2O2. The second kappa shape index (κ2) is 5.60. The van der Waals surface area contributed by atoms with Crippen molar-refractivity contribution >= 4 is 11.6 Å². The summed E-state index contributed by atoms with van der Waals surface area (Å²) in [5.74, 6) is -0.0807. The van der Waals surface area contributed by atoms with Gasteiger partial charge in [0.05, 0.1) is 16.8 Å². The Hall–Kier alpha value is -2.95. The van der Waals surface area contributed by atoms with Crippen molar-refractivity contribution in [3.63, 3.8) is 0 Å². The van der Waals surface area contributed by atoms with Crippen LogP contribution in [0.15, 0.2) is 65.2 Å².